The summed E-state index contributed by atoms with van der Waals surface area (Å²) in [7, 11) is 0. The Kier molecular flexibility index (Phi) is 7.19. The van der Waals surface area contributed by atoms with Gasteiger partial charge in [-0.2, -0.15) is 0 Å². The zero-order valence-electron chi connectivity index (χ0n) is 17.7. The molecule has 0 spiro atoms. The second-order valence-electron chi connectivity index (χ2n) is 7.67. The summed E-state index contributed by atoms with van der Waals surface area (Å²) in [4.78, 5) is 21.1. The maximum Gasteiger partial charge on any atom is 0.226 e. The molecule has 4 rings (SSSR count). The van der Waals surface area contributed by atoms with Crippen LogP contribution in [0.25, 0.3) is 9.88 Å². The number of thiazole rings is 1. The minimum Gasteiger partial charge on any atom is -0.374 e. The molecular weight excluding hydrogens is 456 g/mol. The molecule has 1 amide bonds. The second-order valence-corrected chi connectivity index (χ2v) is 9.62. The van der Waals surface area contributed by atoms with E-state index in [2.05, 4.69) is 24.8 Å². The number of rotatable bonds is 7. The number of benzene rings is 1. The van der Waals surface area contributed by atoms with Crippen molar-refractivity contribution in [2.45, 2.75) is 32.9 Å². The lowest BCUT2D eigenvalue weighted by Gasteiger charge is -2.33. The van der Waals surface area contributed by atoms with E-state index in [0.29, 0.717) is 38.3 Å². The van der Waals surface area contributed by atoms with Crippen LogP contribution in [0.3, 0.4) is 0 Å². The highest BCUT2D eigenvalue weighted by atomic mass is 32.1. The predicted octanol–water partition coefficient (Wildman–Crippen LogP) is 3.12. The van der Waals surface area contributed by atoms with Crippen molar-refractivity contribution in [1.82, 2.24) is 24.8 Å². The van der Waals surface area contributed by atoms with E-state index in [1.165, 1.54) is 28.9 Å². The lowest BCUT2D eigenvalue weighted by Crippen LogP contribution is -2.47. The highest BCUT2D eigenvalue weighted by Gasteiger charge is 2.22. The molecule has 1 aliphatic rings. The Morgan fingerprint density at radius 3 is 2.91 bits per heavy atom. The highest BCUT2D eigenvalue weighted by Crippen LogP contribution is 2.31. The van der Waals surface area contributed by atoms with E-state index < -0.39 is 11.6 Å². The zero-order chi connectivity index (χ0) is 22.7. The number of morpholine rings is 1. The second kappa shape index (κ2) is 10.1. The SMILES string of the molecule is Cc1nnsc1-c1nc(CC(=O)NC[C@H]2CN(Cc3ccc(F)c(F)c3)CCO2)c(C)s1. The molecule has 11 heteroatoms. The molecule has 2 aromatic heterocycles. The van der Waals surface area contributed by atoms with Gasteiger partial charge in [0.1, 0.15) is 9.88 Å². The summed E-state index contributed by atoms with van der Waals surface area (Å²) in [5, 5.41) is 7.78. The molecule has 1 atom stereocenters. The molecule has 1 fully saturated rings. The normalized spacial score (nSPS) is 16.9. The zero-order valence-corrected chi connectivity index (χ0v) is 19.4. The Labute approximate surface area is 192 Å². The summed E-state index contributed by atoms with van der Waals surface area (Å²) in [6.07, 6.45) is 0.0230. The van der Waals surface area contributed by atoms with E-state index in [4.69, 9.17) is 4.74 Å². The molecule has 1 aromatic carbocycles. The van der Waals surface area contributed by atoms with Crippen LogP contribution >= 0.6 is 22.9 Å². The number of carbonyl (C=O) groups is 1. The van der Waals surface area contributed by atoms with Gasteiger partial charge in [0.2, 0.25) is 5.91 Å². The summed E-state index contributed by atoms with van der Waals surface area (Å²) in [6, 6.07) is 3.94. The van der Waals surface area contributed by atoms with E-state index >= 15 is 0 Å². The van der Waals surface area contributed by atoms with Gasteiger partial charge in [-0.05, 0) is 43.1 Å². The first-order valence-corrected chi connectivity index (χ1v) is 11.8. The standard InChI is InChI=1S/C21H23F2N5O2S2/c1-12-20(32-27-26-12)21-25-18(13(2)31-21)8-19(29)24-9-15-11-28(5-6-30-15)10-14-3-4-16(22)17(23)7-14/h3-4,7,15H,5-6,8-11H2,1-2H3,(H,24,29)/t15-/m0/s1. The van der Waals surface area contributed by atoms with E-state index in [-0.39, 0.29) is 18.4 Å². The van der Waals surface area contributed by atoms with E-state index in [9.17, 15) is 13.6 Å². The third-order valence-electron chi connectivity index (χ3n) is 5.21. The van der Waals surface area contributed by atoms with Crippen molar-refractivity contribution in [3.8, 4) is 9.88 Å². The number of aromatic nitrogens is 3. The van der Waals surface area contributed by atoms with Crippen molar-refractivity contribution in [1.29, 1.82) is 0 Å². The molecule has 1 aliphatic heterocycles. The highest BCUT2D eigenvalue weighted by molar-refractivity contribution is 7.19. The fourth-order valence-electron chi connectivity index (χ4n) is 3.50. The minimum atomic E-state index is -0.849. The molecule has 170 valence electrons. The molecule has 0 bridgehead atoms. The first-order chi connectivity index (χ1) is 15.4. The number of halogens is 2. The van der Waals surface area contributed by atoms with Crippen LogP contribution in [0.15, 0.2) is 18.2 Å². The number of carbonyl (C=O) groups excluding carboxylic acids is 1. The van der Waals surface area contributed by atoms with Crippen LogP contribution in [0.1, 0.15) is 21.8 Å². The molecule has 0 aliphatic carbocycles. The Morgan fingerprint density at radius 2 is 2.16 bits per heavy atom. The monoisotopic (exact) mass is 479 g/mol. The Balaban J connectivity index is 1.28. The first kappa shape index (κ1) is 22.8. The Bertz CT molecular complexity index is 1100. The molecule has 7 nitrogen and oxygen atoms in total. The lowest BCUT2D eigenvalue weighted by molar-refractivity contribution is -0.121. The topological polar surface area (TPSA) is 80.2 Å². The molecular formula is C21H23F2N5O2S2. The maximum atomic E-state index is 13.5. The number of hydrogen-bond acceptors (Lipinski definition) is 8. The third-order valence-corrected chi connectivity index (χ3v) is 7.20. The first-order valence-electron chi connectivity index (χ1n) is 10.2. The quantitative estimate of drug-likeness (QED) is 0.561. The number of amides is 1. The van der Waals surface area contributed by atoms with Crippen LogP contribution in [-0.4, -0.2) is 57.7 Å². The lowest BCUT2D eigenvalue weighted by atomic mass is 10.1. The predicted molar refractivity (Wildman–Crippen MR) is 119 cm³/mol. The maximum absolute atomic E-state index is 13.5. The van der Waals surface area contributed by atoms with E-state index in [0.717, 1.165) is 32.2 Å². The average molecular weight is 480 g/mol. The van der Waals surface area contributed by atoms with Gasteiger partial charge in [-0.15, -0.1) is 16.4 Å². The van der Waals surface area contributed by atoms with Gasteiger partial charge in [0.15, 0.2) is 11.6 Å². The fourth-order valence-corrected chi connectivity index (χ4v) is 5.20. The minimum absolute atomic E-state index is 0.120. The van der Waals surface area contributed by atoms with Crippen LogP contribution in [-0.2, 0) is 22.5 Å². The Morgan fingerprint density at radius 1 is 1.31 bits per heavy atom. The number of nitrogens with zero attached hydrogens (tertiary/aromatic N) is 4. The van der Waals surface area contributed by atoms with Gasteiger partial charge in [0.25, 0.3) is 0 Å². The smallest absolute Gasteiger partial charge is 0.226 e. The summed E-state index contributed by atoms with van der Waals surface area (Å²) in [5.41, 5.74) is 2.29. The third kappa shape index (κ3) is 5.52. The van der Waals surface area contributed by atoms with Gasteiger partial charge in [-0.3, -0.25) is 9.69 Å². The van der Waals surface area contributed by atoms with Crippen LogP contribution < -0.4 is 5.32 Å². The molecule has 3 aromatic rings. The van der Waals surface area contributed by atoms with Gasteiger partial charge >= 0.3 is 0 Å². The van der Waals surface area contributed by atoms with Crippen LogP contribution in [0.2, 0.25) is 0 Å². The average Bonchev–Trinajstić information content (AvgIpc) is 3.35. The van der Waals surface area contributed by atoms with Gasteiger partial charge < -0.3 is 10.1 Å². The van der Waals surface area contributed by atoms with Gasteiger partial charge in [-0.25, -0.2) is 13.8 Å². The van der Waals surface area contributed by atoms with Crippen molar-refractivity contribution in [3.63, 3.8) is 0 Å². The number of ether oxygens (including phenoxy) is 1. The number of hydrogen-bond donors (Lipinski definition) is 1. The Hall–Kier alpha value is -2.34. The van der Waals surface area contributed by atoms with Crippen molar-refractivity contribution >= 4 is 28.8 Å². The van der Waals surface area contributed by atoms with Crippen molar-refractivity contribution < 1.29 is 18.3 Å². The largest absolute Gasteiger partial charge is 0.374 e. The molecule has 0 radical (unpaired) electrons. The summed E-state index contributed by atoms with van der Waals surface area (Å²) >= 11 is 2.84. The fraction of sp³-hybridized carbons (Fsp3) is 0.429. The number of nitrogens with one attached hydrogen (secondary N) is 1. The number of aryl methyl sites for hydroxylation is 2. The summed E-state index contributed by atoms with van der Waals surface area (Å²) < 4.78 is 36.3. The van der Waals surface area contributed by atoms with Gasteiger partial charge in [0, 0.05) is 31.1 Å². The molecule has 32 heavy (non-hydrogen) atoms. The van der Waals surface area contributed by atoms with E-state index in [1.807, 2.05) is 13.8 Å². The molecule has 3 heterocycles. The summed E-state index contributed by atoms with van der Waals surface area (Å²) in [5.74, 6) is -1.81. The molecule has 1 N–H and O–H groups in total. The van der Waals surface area contributed by atoms with Crippen LogP contribution in [0.4, 0.5) is 8.78 Å². The molecule has 0 unspecified atom stereocenters. The molecule has 1 saturated heterocycles. The summed E-state index contributed by atoms with van der Waals surface area (Å²) in [6.45, 7) is 6.52. The van der Waals surface area contributed by atoms with Gasteiger partial charge in [-0.1, -0.05) is 10.6 Å². The van der Waals surface area contributed by atoms with Crippen molar-refractivity contribution in [3.05, 3.63) is 51.7 Å². The van der Waals surface area contributed by atoms with Crippen molar-refractivity contribution in [2.75, 3.05) is 26.2 Å². The van der Waals surface area contributed by atoms with Crippen LogP contribution in [0.5, 0.6) is 0 Å². The van der Waals surface area contributed by atoms with E-state index in [1.54, 1.807) is 6.07 Å². The molecule has 0 saturated carbocycles. The van der Waals surface area contributed by atoms with Crippen LogP contribution in [0, 0.1) is 25.5 Å². The van der Waals surface area contributed by atoms with Gasteiger partial charge in [0.05, 0.1) is 30.5 Å². The van der Waals surface area contributed by atoms with Crippen molar-refractivity contribution in [2.24, 2.45) is 0 Å².